The van der Waals surface area contributed by atoms with Gasteiger partial charge in [0.15, 0.2) is 6.61 Å². The summed E-state index contributed by atoms with van der Waals surface area (Å²) in [5, 5.41) is 8.88. The Kier molecular flexibility index (Phi) is 8.29. The molecule has 2 aromatic carbocycles. The lowest BCUT2D eigenvalue weighted by Gasteiger charge is -2.30. The van der Waals surface area contributed by atoms with Gasteiger partial charge in [0.05, 0.1) is 17.2 Å². The number of amides is 1. The second-order valence-corrected chi connectivity index (χ2v) is 8.18. The fourth-order valence-corrected chi connectivity index (χ4v) is 4.05. The Bertz CT molecular complexity index is 878. The number of ether oxygens (including phenoxy) is 1. The molecule has 0 saturated heterocycles. The van der Waals surface area contributed by atoms with Gasteiger partial charge in [0.25, 0.3) is 5.91 Å². The zero-order valence-electron chi connectivity index (χ0n) is 17.2. The van der Waals surface area contributed by atoms with Crippen LogP contribution < -0.4 is 0 Å². The quantitative estimate of drug-likeness (QED) is 0.468. The molecule has 0 N–H and O–H groups in total. The Balaban J connectivity index is 2.02. The third-order valence-corrected chi connectivity index (χ3v) is 5.46. The molecular formula is C23H26N2O3S. The fraction of sp³-hybridized carbons (Fsp3) is 0.348. The number of hydrogen-bond acceptors (Lipinski definition) is 5. The molecule has 29 heavy (non-hydrogen) atoms. The van der Waals surface area contributed by atoms with Crippen molar-refractivity contribution in [2.45, 2.75) is 50.4 Å². The van der Waals surface area contributed by atoms with Gasteiger partial charge in [-0.25, -0.2) is 4.79 Å². The Labute approximate surface area is 176 Å². The second kappa shape index (κ2) is 10.7. The van der Waals surface area contributed by atoms with E-state index in [0.29, 0.717) is 16.9 Å². The SMILES string of the molecule is CC(C)N(C(=O)COC(=O)c1ccccc1SCc1ccc(C#N)cc1)C(C)C. The molecule has 0 unspecified atom stereocenters. The van der Waals surface area contributed by atoms with Crippen molar-refractivity contribution >= 4 is 23.6 Å². The monoisotopic (exact) mass is 410 g/mol. The first kappa shape index (κ1) is 22.5. The summed E-state index contributed by atoms with van der Waals surface area (Å²) in [6, 6.07) is 16.7. The summed E-state index contributed by atoms with van der Waals surface area (Å²) in [5.74, 6) is -0.0524. The molecule has 5 nitrogen and oxygen atoms in total. The maximum absolute atomic E-state index is 12.6. The van der Waals surface area contributed by atoms with Gasteiger partial charge >= 0.3 is 5.97 Å². The summed E-state index contributed by atoms with van der Waals surface area (Å²) in [5.41, 5.74) is 2.11. The van der Waals surface area contributed by atoms with Gasteiger partial charge < -0.3 is 9.64 Å². The van der Waals surface area contributed by atoms with Crippen LogP contribution in [0.5, 0.6) is 0 Å². The molecule has 0 aliphatic heterocycles. The number of nitrogens with zero attached hydrogens (tertiary/aromatic N) is 2. The van der Waals surface area contributed by atoms with E-state index in [-0.39, 0.29) is 24.6 Å². The van der Waals surface area contributed by atoms with Gasteiger partial charge in [-0.3, -0.25) is 4.79 Å². The number of nitriles is 1. The maximum atomic E-state index is 12.6. The van der Waals surface area contributed by atoms with Gasteiger partial charge in [-0.05, 0) is 57.5 Å². The average Bonchev–Trinajstić information content (AvgIpc) is 2.70. The summed E-state index contributed by atoms with van der Waals surface area (Å²) >= 11 is 1.51. The minimum atomic E-state index is -0.506. The lowest BCUT2D eigenvalue weighted by molar-refractivity contribution is -0.138. The molecule has 0 fully saturated rings. The number of esters is 1. The molecule has 0 aliphatic rings. The van der Waals surface area contributed by atoms with Crippen LogP contribution in [0.25, 0.3) is 0 Å². The van der Waals surface area contributed by atoms with E-state index in [9.17, 15) is 9.59 Å². The van der Waals surface area contributed by atoms with Gasteiger partial charge in [-0.2, -0.15) is 5.26 Å². The third kappa shape index (κ3) is 6.37. The zero-order valence-corrected chi connectivity index (χ0v) is 18.0. The topological polar surface area (TPSA) is 70.4 Å². The van der Waals surface area contributed by atoms with Gasteiger partial charge in [0.1, 0.15) is 0 Å². The Morgan fingerprint density at radius 3 is 2.24 bits per heavy atom. The second-order valence-electron chi connectivity index (χ2n) is 7.16. The van der Waals surface area contributed by atoms with Crippen molar-refractivity contribution in [2.75, 3.05) is 6.61 Å². The van der Waals surface area contributed by atoms with Crippen LogP contribution in [0, 0.1) is 11.3 Å². The summed E-state index contributed by atoms with van der Waals surface area (Å²) in [6.07, 6.45) is 0. The molecular weight excluding hydrogens is 384 g/mol. The fourth-order valence-electron chi connectivity index (χ4n) is 3.05. The molecule has 2 aromatic rings. The zero-order chi connectivity index (χ0) is 21.4. The van der Waals surface area contributed by atoms with Crippen molar-refractivity contribution < 1.29 is 14.3 Å². The van der Waals surface area contributed by atoms with E-state index in [1.165, 1.54) is 11.8 Å². The van der Waals surface area contributed by atoms with E-state index in [2.05, 4.69) is 6.07 Å². The van der Waals surface area contributed by atoms with E-state index in [1.807, 2.05) is 52.0 Å². The highest BCUT2D eigenvalue weighted by molar-refractivity contribution is 7.98. The van der Waals surface area contributed by atoms with Crippen molar-refractivity contribution in [3.05, 3.63) is 65.2 Å². The van der Waals surface area contributed by atoms with Gasteiger partial charge in [0, 0.05) is 22.7 Å². The lowest BCUT2D eigenvalue weighted by Crippen LogP contribution is -2.44. The Morgan fingerprint density at radius 2 is 1.66 bits per heavy atom. The van der Waals surface area contributed by atoms with Crippen LogP contribution in [0.15, 0.2) is 53.4 Å². The average molecular weight is 411 g/mol. The van der Waals surface area contributed by atoms with E-state index in [0.717, 1.165) is 10.5 Å². The lowest BCUT2D eigenvalue weighted by atomic mass is 10.2. The van der Waals surface area contributed by atoms with Crippen LogP contribution in [0.4, 0.5) is 0 Å². The summed E-state index contributed by atoms with van der Waals surface area (Å²) < 4.78 is 5.31. The van der Waals surface area contributed by atoms with E-state index in [1.54, 1.807) is 29.2 Å². The molecule has 0 heterocycles. The molecule has 0 saturated carbocycles. The summed E-state index contributed by atoms with van der Waals surface area (Å²) in [6.45, 7) is 7.48. The molecule has 0 radical (unpaired) electrons. The Morgan fingerprint density at radius 1 is 1.03 bits per heavy atom. The predicted molar refractivity (Wildman–Crippen MR) is 115 cm³/mol. The van der Waals surface area contributed by atoms with Crippen LogP contribution in [-0.2, 0) is 15.3 Å². The van der Waals surface area contributed by atoms with Crippen molar-refractivity contribution in [2.24, 2.45) is 0 Å². The first-order valence-electron chi connectivity index (χ1n) is 9.52. The highest BCUT2D eigenvalue weighted by atomic mass is 32.2. The van der Waals surface area contributed by atoms with Crippen LogP contribution in [0.2, 0.25) is 0 Å². The molecule has 2 rings (SSSR count). The van der Waals surface area contributed by atoms with Crippen molar-refractivity contribution in [3.8, 4) is 6.07 Å². The number of benzene rings is 2. The standard InChI is InChI=1S/C23H26N2O3S/c1-16(2)25(17(3)4)22(26)14-28-23(27)20-7-5-6-8-21(20)29-15-19-11-9-18(13-24)10-12-19/h5-12,16-17H,14-15H2,1-4H3. The molecule has 152 valence electrons. The third-order valence-electron chi connectivity index (χ3n) is 4.31. The van der Waals surface area contributed by atoms with Crippen molar-refractivity contribution in [1.82, 2.24) is 4.90 Å². The summed E-state index contributed by atoms with van der Waals surface area (Å²) in [4.78, 5) is 27.5. The first-order chi connectivity index (χ1) is 13.8. The maximum Gasteiger partial charge on any atom is 0.339 e. The van der Waals surface area contributed by atoms with E-state index >= 15 is 0 Å². The summed E-state index contributed by atoms with van der Waals surface area (Å²) in [7, 11) is 0. The molecule has 0 aromatic heterocycles. The highest BCUT2D eigenvalue weighted by Crippen LogP contribution is 2.27. The molecule has 6 heteroatoms. The van der Waals surface area contributed by atoms with Crippen LogP contribution in [-0.4, -0.2) is 35.5 Å². The molecule has 1 amide bonds. The predicted octanol–water partition coefficient (Wildman–Crippen LogP) is 4.65. The number of thioether (sulfide) groups is 1. The van der Waals surface area contributed by atoms with Gasteiger partial charge in [-0.15, -0.1) is 11.8 Å². The highest BCUT2D eigenvalue weighted by Gasteiger charge is 2.22. The molecule has 0 aliphatic carbocycles. The van der Waals surface area contributed by atoms with E-state index in [4.69, 9.17) is 10.00 Å². The van der Waals surface area contributed by atoms with Crippen LogP contribution in [0.3, 0.4) is 0 Å². The minimum Gasteiger partial charge on any atom is -0.452 e. The Hall–Kier alpha value is -2.78. The number of carbonyl (C=O) groups excluding carboxylic acids is 2. The number of rotatable bonds is 8. The van der Waals surface area contributed by atoms with Crippen molar-refractivity contribution in [1.29, 1.82) is 5.26 Å². The molecule has 0 spiro atoms. The van der Waals surface area contributed by atoms with Gasteiger partial charge in [-0.1, -0.05) is 24.3 Å². The first-order valence-corrected chi connectivity index (χ1v) is 10.5. The largest absolute Gasteiger partial charge is 0.452 e. The van der Waals surface area contributed by atoms with Crippen LogP contribution >= 0.6 is 11.8 Å². The number of carbonyl (C=O) groups is 2. The van der Waals surface area contributed by atoms with Gasteiger partial charge in [0.2, 0.25) is 0 Å². The molecule has 0 atom stereocenters. The minimum absolute atomic E-state index is 0.0384. The normalized spacial score (nSPS) is 10.7. The smallest absolute Gasteiger partial charge is 0.339 e. The molecule has 0 bridgehead atoms. The van der Waals surface area contributed by atoms with Crippen LogP contribution in [0.1, 0.15) is 49.2 Å². The van der Waals surface area contributed by atoms with Crippen molar-refractivity contribution in [3.63, 3.8) is 0 Å². The number of hydrogen-bond donors (Lipinski definition) is 0. The van der Waals surface area contributed by atoms with E-state index < -0.39 is 5.97 Å².